The van der Waals surface area contributed by atoms with Gasteiger partial charge >= 0.3 is 0 Å². The van der Waals surface area contributed by atoms with E-state index in [1.807, 2.05) is 0 Å². The van der Waals surface area contributed by atoms with Crippen LogP contribution in [-0.4, -0.2) is 48.8 Å². The van der Waals surface area contributed by atoms with Crippen molar-refractivity contribution < 1.29 is 5.11 Å². The average molecular weight is 242 g/mol. The number of piperidine rings is 1. The van der Waals surface area contributed by atoms with Crippen LogP contribution >= 0.6 is 0 Å². The largest absolute Gasteiger partial charge is 0.396 e. The van der Waals surface area contributed by atoms with Crippen molar-refractivity contribution in [3.63, 3.8) is 0 Å². The Morgan fingerprint density at radius 3 is 2.71 bits per heavy atom. The SMILES string of the molecule is CCCCN1CC(CC)CC(NCCCO)C1. The standard InChI is InChI=1S/C14H30N2O/c1-3-5-8-16-11-13(4-2)10-14(12-16)15-7-6-9-17/h13-15,17H,3-12H2,1-2H3. The van der Waals surface area contributed by atoms with Crippen LogP contribution in [0.4, 0.5) is 0 Å². The van der Waals surface area contributed by atoms with Crippen LogP contribution in [0.2, 0.25) is 0 Å². The number of nitrogens with one attached hydrogen (secondary N) is 1. The lowest BCUT2D eigenvalue weighted by Gasteiger charge is -2.38. The Morgan fingerprint density at radius 2 is 2.06 bits per heavy atom. The lowest BCUT2D eigenvalue weighted by molar-refractivity contribution is 0.135. The van der Waals surface area contributed by atoms with Gasteiger partial charge < -0.3 is 15.3 Å². The van der Waals surface area contributed by atoms with Gasteiger partial charge in [0, 0.05) is 25.7 Å². The molecule has 1 aliphatic heterocycles. The van der Waals surface area contributed by atoms with Crippen LogP contribution in [0.5, 0.6) is 0 Å². The quantitative estimate of drug-likeness (QED) is 0.638. The second-order valence-corrected chi connectivity index (χ2v) is 5.35. The van der Waals surface area contributed by atoms with E-state index in [0.717, 1.165) is 18.9 Å². The molecule has 2 N–H and O–H groups in total. The summed E-state index contributed by atoms with van der Waals surface area (Å²) in [6, 6.07) is 0.636. The minimum atomic E-state index is 0.302. The van der Waals surface area contributed by atoms with Gasteiger partial charge in [0.2, 0.25) is 0 Å². The lowest BCUT2D eigenvalue weighted by atomic mass is 9.92. The Hall–Kier alpha value is -0.120. The molecule has 1 rings (SSSR count). The van der Waals surface area contributed by atoms with Gasteiger partial charge in [0.1, 0.15) is 0 Å². The second kappa shape index (κ2) is 8.90. The molecule has 2 unspecified atom stereocenters. The second-order valence-electron chi connectivity index (χ2n) is 5.35. The van der Waals surface area contributed by atoms with Crippen molar-refractivity contribution in [3.8, 4) is 0 Å². The highest BCUT2D eigenvalue weighted by Gasteiger charge is 2.25. The number of rotatable bonds is 8. The molecule has 2 atom stereocenters. The fraction of sp³-hybridized carbons (Fsp3) is 1.00. The van der Waals surface area contributed by atoms with Crippen LogP contribution in [0, 0.1) is 5.92 Å². The Labute approximate surface area is 107 Å². The molecule has 0 aromatic heterocycles. The zero-order valence-corrected chi connectivity index (χ0v) is 11.6. The molecule has 0 aromatic carbocycles. The summed E-state index contributed by atoms with van der Waals surface area (Å²) in [6.45, 7) is 9.56. The molecule has 0 spiro atoms. The highest BCUT2D eigenvalue weighted by atomic mass is 16.3. The Morgan fingerprint density at radius 1 is 1.24 bits per heavy atom. The van der Waals surface area contributed by atoms with E-state index in [9.17, 15) is 0 Å². The van der Waals surface area contributed by atoms with Crippen LogP contribution in [-0.2, 0) is 0 Å². The first-order valence-corrected chi connectivity index (χ1v) is 7.36. The van der Waals surface area contributed by atoms with Crippen LogP contribution < -0.4 is 5.32 Å². The van der Waals surface area contributed by atoms with Gasteiger partial charge in [0.15, 0.2) is 0 Å². The molecule has 1 heterocycles. The van der Waals surface area contributed by atoms with Crippen molar-refractivity contribution in [2.45, 2.75) is 52.0 Å². The molecule has 17 heavy (non-hydrogen) atoms. The molecule has 1 fully saturated rings. The molecular weight excluding hydrogens is 212 g/mol. The summed E-state index contributed by atoms with van der Waals surface area (Å²) in [5, 5.41) is 12.4. The zero-order valence-electron chi connectivity index (χ0n) is 11.6. The van der Waals surface area contributed by atoms with Gasteiger partial charge in [-0.25, -0.2) is 0 Å². The number of hydrogen-bond donors (Lipinski definition) is 2. The zero-order chi connectivity index (χ0) is 12.5. The van der Waals surface area contributed by atoms with Crippen LogP contribution in [0.25, 0.3) is 0 Å². The first-order chi connectivity index (χ1) is 8.30. The lowest BCUT2D eigenvalue weighted by Crippen LogP contribution is -2.49. The highest BCUT2D eigenvalue weighted by Crippen LogP contribution is 2.20. The molecular formula is C14H30N2O. The smallest absolute Gasteiger partial charge is 0.0443 e. The maximum Gasteiger partial charge on any atom is 0.0443 e. The maximum absolute atomic E-state index is 8.81. The molecule has 0 saturated carbocycles. The minimum absolute atomic E-state index is 0.302. The third-order valence-corrected chi connectivity index (χ3v) is 3.79. The van der Waals surface area contributed by atoms with E-state index in [-0.39, 0.29) is 0 Å². The number of likely N-dealkylation sites (tertiary alicyclic amines) is 1. The van der Waals surface area contributed by atoms with Crippen molar-refractivity contribution in [2.75, 3.05) is 32.8 Å². The van der Waals surface area contributed by atoms with Gasteiger partial charge in [0.25, 0.3) is 0 Å². The summed E-state index contributed by atoms with van der Waals surface area (Å²) in [5.74, 6) is 0.854. The number of unbranched alkanes of at least 4 members (excludes halogenated alkanes) is 1. The molecule has 0 aromatic rings. The number of hydrogen-bond acceptors (Lipinski definition) is 3. The summed E-state index contributed by atoms with van der Waals surface area (Å²) in [4.78, 5) is 2.62. The molecule has 1 saturated heterocycles. The summed E-state index contributed by atoms with van der Waals surface area (Å²) in [7, 11) is 0. The topological polar surface area (TPSA) is 35.5 Å². The Kier molecular flexibility index (Phi) is 7.82. The molecule has 0 amide bonds. The minimum Gasteiger partial charge on any atom is -0.396 e. The van der Waals surface area contributed by atoms with Gasteiger partial charge in [0.05, 0.1) is 0 Å². The van der Waals surface area contributed by atoms with Gasteiger partial charge in [-0.2, -0.15) is 0 Å². The molecule has 102 valence electrons. The summed E-state index contributed by atoms with van der Waals surface area (Å²) >= 11 is 0. The van der Waals surface area contributed by atoms with E-state index >= 15 is 0 Å². The molecule has 0 aliphatic carbocycles. The molecule has 0 radical (unpaired) electrons. The Bertz CT molecular complexity index is 187. The van der Waals surface area contributed by atoms with Crippen molar-refractivity contribution in [1.82, 2.24) is 10.2 Å². The predicted molar refractivity (Wildman–Crippen MR) is 73.2 cm³/mol. The third kappa shape index (κ3) is 5.84. The van der Waals surface area contributed by atoms with Crippen molar-refractivity contribution in [2.24, 2.45) is 5.92 Å². The first-order valence-electron chi connectivity index (χ1n) is 7.36. The van der Waals surface area contributed by atoms with E-state index in [4.69, 9.17) is 5.11 Å². The fourth-order valence-electron chi connectivity index (χ4n) is 2.70. The van der Waals surface area contributed by atoms with E-state index in [2.05, 4.69) is 24.1 Å². The highest BCUT2D eigenvalue weighted by molar-refractivity contribution is 4.82. The number of nitrogens with zero attached hydrogens (tertiary/aromatic N) is 1. The Balaban J connectivity index is 2.31. The number of aliphatic hydroxyl groups excluding tert-OH is 1. The maximum atomic E-state index is 8.81. The van der Waals surface area contributed by atoms with Crippen LogP contribution in [0.1, 0.15) is 46.0 Å². The normalized spacial score (nSPS) is 26.3. The van der Waals surface area contributed by atoms with E-state index in [1.165, 1.54) is 45.3 Å². The monoisotopic (exact) mass is 242 g/mol. The summed E-state index contributed by atoms with van der Waals surface area (Å²) in [6.07, 6.45) is 6.09. The summed E-state index contributed by atoms with van der Waals surface area (Å²) < 4.78 is 0. The molecule has 3 heteroatoms. The van der Waals surface area contributed by atoms with Gasteiger partial charge in [-0.3, -0.25) is 0 Å². The predicted octanol–water partition coefficient (Wildman–Crippen LogP) is 1.86. The average Bonchev–Trinajstić information content (AvgIpc) is 2.36. The van der Waals surface area contributed by atoms with Gasteiger partial charge in [-0.05, 0) is 38.3 Å². The van der Waals surface area contributed by atoms with Crippen molar-refractivity contribution in [1.29, 1.82) is 0 Å². The third-order valence-electron chi connectivity index (χ3n) is 3.79. The van der Waals surface area contributed by atoms with Crippen molar-refractivity contribution in [3.05, 3.63) is 0 Å². The van der Waals surface area contributed by atoms with Gasteiger partial charge in [-0.1, -0.05) is 26.7 Å². The fourth-order valence-corrected chi connectivity index (χ4v) is 2.70. The van der Waals surface area contributed by atoms with Gasteiger partial charge in [-0.15, -0.1) is 0 Å². The number of aliphatic hydroxyl groups is 1. The molecule has 1 aliphatic rings. The van der Waals surface area contributed by atoms with E-state index < -0.39 is 0 Å². The van der Waals surface area contributed by atoms with E-state index in [0.29, 0.717) is 12.6 Å². The summed E-state index contributed by atoms with van der Waals surface area (Å²) in [5.41, 5.74) is 0. The first kappa shape index (κ1) is 14.9. The van der Waals surface area contributed by atoms with E-state index in [1.54, 1.807) is 0 Å². The van der Waals surface area contributed by atoms with Crippen molar-refractivity contribution >= 4 is 0 Å². The molecule has 0 bridgehead atoms. The van der Waals surface area contributed by atoms with Crippen LogP contribution in [0.15, 0.2) is 0 Å². The molecule has 3 nitrogen and oxygen atoms in total. The van der Waals surface area contributed by atoms with Crippen LogP contribution in [0.3, 0.4) is 0 Å².